The van der Waals surface area contributed by atoms with Gasteiger partial charge in [0.25, 0.3) is 11.6 Å². The second-order valence-electron chi connectivity index (χ2n) is 7.41. The zero-order valence-electron chi connectivity index (χ0n) is 15.0. The number of anilines is 1. The number of nitro benzene ring substituents is 1. The van der Waals surface area contributed by atoms with Gasteiger partial charge < -0.3 is 4.90 Å². The number of rotatable bonds is 4. The average Bonchev–Trinajstić information content (AvgIpc) is 3.33. The molecule has 28 heavy (non-hydrogen) atoms. The monoisotopic (exact) mass is 378 g/mol. The van der Waals surface area contributed by atoms with Gasteiger partial charge in [-0.2, -0.15) is 0 Å². The van der Waals surface area contributed by atoms with Gasteiger partial charge in [0.05, 0.1) is 16.0 Å². The number of hydrogen-bond acceptors (Lipinski definition) is 5. The predicted octanol–water partition coefficient (Wildman–Crippen LogP) is 2.53. The number of nitrogens with zero attached hydrogens (tertiary/aromatic N) is 4. The highest BCUT2D eigenvalue weighted by Gasteiger charge is 2.61. The number of hydrogen-bond donors (Lipinski definition) is 0. The van der Waals surface area contributed by atoms with Crippen LogP contribution in [0.3, 0.4) is 0 Å². The lowest BCUT2D eigenvalue weighted by molar-refractivity contribution is -0.383. The fraction of sp³-hybridized carbons (Fsp3) is 0.300. The van der Waals surface area contributed by atoms with Gasteiger partial charge >= 0.3 is 6.03 Å². The lowest BCUT2D eigenvalue weighted by atomic mass is 10.0. The molecule has 3 saturated heterocycles. The standard InChI is InChI=1S/C20H18N4O4/c1-2-9-21-11-12-10-17(21)18-19(25)23(20(26)22(12)18)15-7-8-16(24(27)28)14-6-4-3-5-13(14)15/h2-8,12,17-18H,1,9-11H2/t12-,17-,18+/m1/s1. The maximum absolute atomic E-state index is 13.3. The maximum atomic E-state index is 13.3. The summed E-state index contributed by atoms with van der Waals surface area (Å²) in [5.74, 6) is -0.259. The van der Waals surface area contributed by atoms with Gasteiger partial charge in [-0.15, -0.1) is 6.58 Å². The van der Waals surface area contributed by atoms with Gasteiger partial charge in [-0.25, -0.2) is 9.69 Å². The lowest BCUT2D eigenvalue weighted by Gasteiger charge is -2.34. The summed E-state index contributed by atoms with van der Waals surface area (Å²) in [4.78, 5) is 42.5. The molecule has 0 N–H and O–H groups in total. The molecule has 8 nitrogen and oxygen atoms in total. The predicted molar refractivity (Wildman–Crippen MR) is 103 cm³/mol. The van der Waals surface area contributed by atoms with Crippen LogP contribution >= 0.6 is 0 Å². The van der Waals surface area contributed by atoms with E-state index < -0.39 is 11.0 Å². The molecule has 0 unspecified atom stereocenters. The van der Waals surface area contributed by atoms with E-state index in [2.05, 4.69) is 11.5 Å². The van der Waals surface area contributed by atoms with E-state index in [0.717, 1.165) is 13.0 Å². The quantitative estimate of drug-likeness (QED) is 0.353. The van der Waals surface area contributed by atoms with Gasteiger partial charge in [0, 0.05) is 36.6 Å². The normalized spacial score (nSPS) is 26.4. The highest BCUT2D eigenvalue weighted by atomic mass is 16.6. The molecule has 3 aliphatic rings. The number of nitro groups is 1. The Morgan fingerprint density at radius 3 is 2.64 bits per heavy atom. The van der Waals surface area contributed by atoms with Crippen molar-refractivity contribution >= 4 is 34.1 Å². The summed E-state index contributed by atoms with van der Waals surface area (Å²) in [5.41, 5.74) is 0.358. The zero-order chi connectivity index (χ0) is 19.6. The van der Waals surface area contributed by atoms with Crippen LogP contribution in [0, 0.1) is 10.1 Å². The van der Waals surface area contributed by atoms with Crippen LogP contribution in [-0.4, -0.2) is 57.9 Å². The third-order valence-electron chi connectivity index (χ3n) is 6.05. The molecular weight excluding hydrogens is 360 g/mol. The Kier molecular flexibility index (Phi) is 3.54. The first-order valence-corrected chi connectivity index (χ1v) is 9.20. The fourth-order valence-corrected chi connectivity index (χ4v) is 4.97. The molecule has 2 bridgehead atoms. The first kappa shape index (κ1) is 16.9. The first-order chi connectivity index (χ1) is 13.5. The topological polar surface area (TPSA) is 87.0 Å². The molecule has 0 saturated carbocycles. The number of benzene rings is 2. The minimum Gasteiger partial charge on any atom is -0.306 e. The minimum absolute atomic E-state index is 0.00578. The number of non-ortho nitro benzene ring substituents is 1. The Balaban J connectivity index is 1.60. The second-order valence-corrected chi connectivity index (χ2v) is 7.41. The minimum atomic E-state index is -0.500. The smallest absolute Gasteiger partial charge is 0.306 e. The molecule has 2 aromatic carbocycles. The van der Waals surface area contributed by atoms with Crippen LogP contribution in [0.4, 0.5) is 16.2 Å². The number of amides is 3. The number of piperazine rings is 1. The van der Waals surface area contributed by atoms with E-state index in [9.17, 15) is 19.7 Å². The van der Waals surface area contributed by atoms with Crippen LogP contribution in [-0.2, 0) is 4.79 Å². The van der Waals surface area contributed by atoms with Crippen LogP contribution in [0.2, 0.25) is 0 Å². The van der Waals surface area contributed by atoms with Gasteiger partial charge in [-0.1, -0.05) is 24.3 Å². The Bertz CT molecular complexity index is 1050. The molecule has 3 fully saturated rings. The Labute approximate surface area is 160 Å². The van der Waals surface area contributed by atoms with Crippen molar-refractivity contribution in [1.82, 2.24) is 9.80 Å². The molecule has 8 heteroatoms. The fourth-order valence-electron chi connectivity index (χ4n) is 4.97. The van der Waals surface area contributed by atoms with E-state index in [-0.39, 0.29) is 29.7 Å². The number of imide groups is 1. The Morgan fingerprint density at radius 2 is 1.93 bits per heavy atom. The highest BCUT2D eigenvalue weighted by Crippen LogP contribution is 2.44. The van der Waals surface area contributed by atoms with Crippen molar-refractivity contribution in [3.05, 3.63) is 59.2 Å². The van der Waals surface area contributed by atoms with Crippen molar-refractivity contribution < 1.29 is 14.5 Å². The largest absolute Gasteiger partial charge is 0.332 e. The SMILES string of the molecule is C=CCN1C[C@H]2C[C@@H]1[C@H]1C(=O)N(c3ccc([N+](=O)[O-])c4ccccc34)C(=O)N21. The summed E-state index contributed by atoms with van der Waals surface area (Å²) >= 11 is 0. The average molecular weight is 378 g/mol. The number of carbonyl (C=O) groups is 2. The number of fused-ring (bicyclic) bond motifs is 6. The third-order valence-corrected chi connectivity index (χ3v) is 6.05. The molecule has 3 atom stereocenters. The van der Waals surface area contributed by atoms with Gasteiger partial charge in [0.2, 0.25) is 0 Å². The molecule has 0 spiro atoms. The molecule has 3 amide bonds. The van der Waals surface area contributed by atoms with E-state index >= 15 is 0 Å². The molecule has 3 aliphatic heterocycles. The molecule has 5 rings (SSSR count). The van der Waals surface area contributed by atoms with Crippen molar-refractivity contribution in [2.75, 3.05) is 18.0 Å². The molecule has 0 radical (unpaired) electrons. The van der Waals surface area contributed by atoms with Gasteiger partial charge in [-0.3, -0.25) is 19.8 Å². The molecule has 0 aliphatic carbocycles. The van der Waals surface area contributed by atoms with E-state index in [0.29, 0.717) is 23.0 Å². The van der Waals surface area contributed by atoms with Crippen molar-refractivity contribution in [2.45, 2.75) is 24.5 Å². The van der Waals surface area contributed by atoms with Crippen molar-refractivity contribution in [3.63, 3.8) is 0 Å². The Hall–Kier alpha value is -3.26. The van der Waals surface area contributed by atoms with E-state index in [1.54, 1.807) is 29.2 Å². The summed E-state index contributed by atoms with van der Waals surface area (Å²) in [6.07, 6.45) is 2.61. The number of carbonyl (C=O) groups excluding carboxylic acids is 2. The van der Waals surface area contributed by atoms with Crippen LogP contribution in [0.15, 0.2) is 49.1 Å². The van der Waals surface area contributed by atoms with E-state index in [1.807, 2.05) is 6.08 Å². The maximum Gasteiger partial charge on any atom is 0.332 e. The summed E-state index contributed by atoms with van der Waals surface area (Å²) in [7, 11) is 0. The molecule has 2 aromatic rings. The summed E-state index contributed by atoms with van der Waals surface area (Å²) in [6.45, 7) is 5.20. The lowest BCUT2D eigenvalue weighted by Crippen LogP contribution is -2.53. The van der Waals surface area contributed by atoms with Gasteiger partial charge in [0.15, 0.2) is 0 Å². The van der Waals surface area contributed by atoms with Gasteiger partial charge in [-0.05, 0) is 18.6 Å². The first-order valence-electron chi connectivity index (χ1n) is 9.20. The van der Waals surface area contributed by atoms with Crippen molar-refractivity contribution in [1.29, 1.82) is 0 Å². The van der Waals surface area contributed by atoms with Gasteiger partial charge in [0.1, 0.15) is 6.04 Å². The zero-order valence-corrected chi connectivity index (χ0v) is 15.0. The highest BCUT2D eigenvalue weighted by molar-refractivity contribution is 6.25. The molecule has 0 aromatic heterocycles. The van der Waals surface area contributed by atoms with E-state index in [4.69, 9.17) is 0 Å². The van der Waals surface area contributed by atoms with Crippen LogP contribution in [0.1, 0.15) is 6.42 Å². The molecular formula is C20H18N4O4. The number of likely N-dealkylation sites (tertiary alicyclic amines) is 1. The van der Waals surface area contributed by atoms with E-state index in [1.165, 1.54) is 17.0 Å². The van der Waals surface area contributed by atoms with Crippen LogP contribution in [0.5, 0.6) is 0 Å². The Morgan fingerprint density at radius 1 is 1.18 bits per heavy atom. The summed E-state index contributed by atoms with van der Waals surface area (Å²) in [6, 6.07) is 8.84. The van der Waals surface area contributed by atoms with Crippen LogP contribution in [0.25, 0.3) is 10.8 Å². The second kappa shape index (κ2) is 5.87. The third kappa shape index (κ3) is 2.09. The summed E-state index contributed by atoms with van der Waals surface area (Å²) < 4.78 is 0. The van der Waals surface area contributed by atoms with Crippen molar-refractivity contribution in [2.24, 2.45) is 0 Å². The molecule has 3 heterocycles. The van der Waals surface area contributed by atoms with Crippen LogP contribution < -0.4 is 4.90 Å². The van der Waals surface area contributed by atoms with Crippen molar-refractivity contribution in [3.8, 4) is 0 Å². The molecule has 142 valence electrons. The number of urea groups is 1. The summed E-state index contributed by atoms with van der Waals surface area (Å²) in [5, 5.41) is 12.3.